The molecule has 4 rings (SSSR count). The van der Waals surface area contributed by atoms with Crippen molar-refractivity contribution in [3.8, 4) is 0 Å². The molecule has 0 atom stereocenters. The van der Waals surface area contributed by atoms with E-state index in [-0.39, 0.29) is 12.4 Å². The number of carbonyl (C=O) groups is 1. The fourth-order valence-corrected chi connectivity index (χ4v) is 3.47. The second kappa shape index (κ2) is 7.52. The van der Waals surface area contributed by atoms with Gasteiger partial charge in [0.25, 0.3) is 5.22 Å². The highest BCUT2D eigenvalue weighted by Gasteiger charge is 2.13. The third-order valence-electron chi connectivity index (χ3n) is 4.42. The Bertz CT molecular complexity index is 1210. The number of hydrogen-bond acceptors (Lipinski definition) is 7. The van der Waals surface area contributed by atoms with Crippen LogP contribution in [0.4, 0.5) is 0 Å². The molecule has 0 N–H and O–H groups in total. The number of ether oxygens (including phenoxy) is 1. The summed E-state index contributed by atoms with van der Waals surface area (Å²) in [5.41, 5.74) is 4.15. The van der Waals surface area contributed by atoms with Gasteiger partial charge in [0.05, 0.1) is 0 Å². The molecule has 0 bridgehead atoms. The number of oxazole rings is 1. The van der Waals surface area contributed by atoms with Crippen LogP contribution in [0.1, 0.15) is 16.7 Å². The summed E-state index contributed by atoms with van der Waals surface area (Å²) in [6.45, 7) is 3.93. The van der Waals surface area contributed by atoms with Gasteiger partial charge in [-0.1, -0.05) is 23.9 Å². The van der Waals surface area contributed by atoms with Gasteiger partial charge in [0.15, 0.2) is 5.58 Å². The fraction of sp³-hybridized carbons (Fsp3) is 0.190. The first kappa shape index (κ1) is 18.3. The Morgan fingerprint density at radius 2 is 1.86 bits per heavy atom. The largest absolute Gasteiger partial charge is 0.460 e. The van der Waals surface area contributed by atoms with Crippen LogP contribution in [0.3, 0.4) is 0 Å². The molecule has 4 aromatic rings. The second-order valence-electron chi connectivity index (χ2n) is 6.42. The molecule has 0 unspecified atom stereocenters. The predicted molar refractivity (Wildman–Crippen MR) is 106 cm³/mol. The van der Waals surface area contributed by atoms with Crippen molar-refractivity contribution in [3.63, 3.8) is 0 Å². The third-order valence-corrected chi connectivity index (χ3v) is 5.22. The van der Waals surface area contributed by atoms with Gasteiger partial charge in [0, 0.05) is 17.0 Å². The minimum Gasteiger partial charge on any atom is -0.460 e. The van der Waals surface area contributed by atoms with Crippen molar-refractivity contribution in [1.29, 1.82) is 0 Å². The molecule has 0 aliphatic carbocycles. The standard InChI is InChI=1S/C21H17NO5S/c1-12-7-15-14(9-19(23)26-18(15)8-13(12)2)10-25-20(24)11-28-21-22-16-5-3-4-6-17(16)27-21/h3-9H,10-11H2,1-2H3. The normalized spacial score (nSPS) is 11.2. The SMILES string of the molecule is Cc1cc2oc(=O)cc(COC(=O)CSc3nc4ccccc4o3)c2cc1C. The van der Waals surface area contributed by atoms with Crippen LogP contribution >= 0.6 is 11.8 Å². The number of nitrogens with zero attached hydrogens (tertiary/aromatic N) is 1. The first-order chi connectivity index (χ1) is 13.5. The van der Waals surface area contributed by atoms with E-state index in [4.69, 9.17) is 13.6 Å². The van der Waals surface area contributed by atoms with Crippen molar-refractivity contribution in [3.05, 3.63) is 69.6 Å². The number of fused-ring (bicyclic) bond motifs is 2. The quantitative estimate of drug-likeness (QED) is 0.282. The van der Waals surface area contributed by atoms with Gasteiger partial charge >= 0.3 is 11.6 Å². The zero-order valence-electron chi connectivity index (χ0n) is 15.4. The van der Waals surface area contributed by atoms with E-state index < -0.39 is 11.6 Å². The number of aromatic nitrogens is 1. The number of carbonyl (C=O) groups excluding carboxylic acids is 1. The first-order valence-electron chi connectivity index (χ1n) is 8.67. The molecule has 2 aromatic heterocycles. The van der Waals surface area contributed by atoms with E-state index in [9.17, 15) is 9.59 Å². The molecular formula is C21H17NO5S. The number of thioether (sulfide) groups is 1. The molecule has 0 radical (unpaired) electrons. The lowest BCUT2D eigenvalue weighted by molar-refractivity contribution is -0.141. The van der Waals surface area contributed by atoms with E-state index >= 15 is 0 Å². The molecule has 6 nitrogen and oxygen atoms in total. The Morgan fingerprint density at radius 3 is 2.68 bits per heavy atom. The van der Waals surface area contributed by atoms with Crippen LogP contribution in [0.25, 0.3) is 22.1 Å². The van der Waals surface area contributed by atoms with Crippen LogP contribution in [-0.2, 0) is 16.1 Å². The molecule has 0 amide bonds. The summed E-state index contributed by atoms with van der Waals surface area (Å²) in [4.78, 5) is 28.3. The Labute approximate surface area is 164 Å². The van der Waals surface area contributed by atoms with E-state index in [1.54, 1.807) is 0 Å². The molecule has 28 heavy (non-hydrogen) atoms. The van der Waals surface area contributed by atoms with Gasteiger partial charge in [-0.05, 0) is 49.2 Å². The van der Waals surface area contributed by atoms with E-state index in [0.29, 0.717) is 22.0 Å². The lowest BCUT2D eigenvalue weighted by Crippen LogP contribution is -2.09. The minimum atomic E-state index is -0.470. The van der Waals surface area contributed by atoms with Gasteiger partial charge < -0.3 is 13.6 Å². The van der Waals surface area contributed by atoms with Crippen LogP contribution in [-0.4, -0.2) is 16.7 Å². The number of rotatable bonds is 5. The maximum Gasteiger partial charge on any atom is 0.336 e. The fourth-order valence-electron chi connectivity index (χ4n) is 2.84. The van der Waals surface area contributed by atoms with Gasteiger partial charge in [-0.3, -0.25) is 4.79 Å². The summed E-state index contributed by atoms with van der Waals surface area (Å²) in [6.07, 6.45) is 0. The molecule has 0 fully saturated rings. The summed E-state index contributed by atoms with van der Waals surface area (Å²) in [5, 5.41) is 1.18. The average Bonchev–Trinajstić information content (AvgIpc) is 3.09. The van der Waals surface area contributed by atoms with Crippen molar-refractivity contribution >= 4 is 39.8 Å². The molecule has 2 aromatic carbocycles. The zero-order chi connectivity index (χ0) is 19.7. The van der Waals surface area contributed by atoms with Crippen molar-refractivity contribution in [1.82, 2.24) is 4.98 Å². The summed E-state index contributed by atoms with van der Waals surface area (Å²) in [5.74, 6) is -0.359. The maximum atomic E-state index is 12.1. The molecule has 0 saturated carbocycles. The predicted octanol–water partition coefficient (Wildman–Crippen LogP) is 4.39. The Morgan fingerprint density at radius 1 is 1.07 bits per heavy atom. The van der Waals surface area contributed by atoms with E-state index in [2.05, 4.69) is 4.98 Å². The highest BCUT2D eigenvalue weighted by Crippen LogP contribution is 2.24. The topological polar surface area (TPSA) is 82.5 Å². The summed E-state index contributed by atoms with van der Waals surface area (Å²) < 4.78 is 16.2. The Hall–Kier alpha value is -3.06. The molecule has 0 aliphatic rings. The average molecular weight is 395 g/mol. The first-order valence-corrected chi connectivity index (χ1v) is 9.66. The number of para-hydroxylation sites is 2. The van der Waals surface area contributed by atoms with Crippen LogP contribution in [0.15, 0.2) is 61.3 Å². The van der Waals surface area contributed by atoms with Gasteiger partial charge in [-0.15, -0.1) is 0 Å². The third kappa shape index (κ3) is 3.80. The van der Waals surface area contributed by atoms with E-state index in [1.165, 1.54) is 17.8 Å². The highest BCUT2D eigenvalue weighted by atomic mass is 32.2. The number of aryl methyl sites for hydroxylation is 2. The van der Waals surface area contributed by atoms with Gasteiger partial charge in [-0.25, -0.2) is 9.78 Å². The molecule has 7 heteroatoms. The van der Waals surface area contributed by atoms with Crippen LogP contribution < -0.4 is 5.63 Å². The van der Waals surface area contributed by atoms with Gasteiger partial charge in [0.1, 0.15) is 23.5 Å². The van der Waals surface area contributed by atoms with Crippen LogP contribution in [0.2, 0.25) is 0 Å². The summed E-state index contributed by atoms with van der Waals surface area (Å²) in [7, 11) is 0. The number of hydrogen-bond donors (Lipinski definition) is 0. The van der Waals surface area contributed by atoms with Crippen molar-refractivity contribution in [2.45, 2.75) is 25.7 Å². The van der Waals surface area contributed by atoms with Crippen molar-refractivity contribution in [2.24, 2.45) is 0 Å². The van der Waals surface area contributed by atoms with Gasteiger partial charge in [-0.2, -0.15) is 0 Å². The number of benzene rings is 2. The van der Waals surface area contributed by atoms with Crippen LogP contribution in [0.5, 0.6) is 0 Å². The molecule has 142 valence electrons. The number of esters is 1. The lowest BCUT2D eigenvalue weighted by Gasteiger charge is -2.09. The molecule has 0 spiro atoms. The molecule has 2 heterocycles. The van der Waals surface area contributed by atoms with Gasteiger partial charge in [0.2, 0.25) is 0 Å². The smallest absolute Gasteiger partial charge is 0.336 e. The Balaban J connectivity index is 1.44. The summed E-state index contributed by atoms with van der Waals surface area (Å²) >= 11 is 1.17. The molecule has 0 saturated heterocycles. The van der Waals surface area contributed by atoms with Crippen molar-refractivity contribution in [2.75, 3.05) is 5.75 Å². The van der Waals surface area contributed by atoms with E-state index in [1.807, 2.05) is 50.2 Å². The van der Waals surface area contributed by atoms with Crippen molar-refractivity contribution < 1.29 is 18.4 Å². The summed E-state index contributed by atoms with van der Waals surface area (Å²) in [6, 6.07) is 12.5. The molecule has 0 aliphatic heterocycles. The second-order valence-corrected chi connectivity index (χ2v) is 7.35. The van der Waals surface area contributed by atoms with Crippen LogP contribution in [0, 0.1) is 13.8 Å². The lowest BCUT2D eigenvalue weighted by atomic mass is 10.0. The zero-order valence-corrected chi connectivity index (χ0v) is 16.2. The monoisotopic (exact) mass is 395 g/mol. The Kier molecular flexibility index (Phi) is 4.92. The minimum absolute atomic E-state index is 0.00243. The highest BCUT2D eigenvalue weighted by molar-refractivity contribution is 7.99. The maximum absolute atomic E-state index is 12.1. The molecular weight excluding hydrogens is 378 g/mol. The van der Waals surface area contributed by atoms with E-state index in [0.717, 1.165) is 22.0 Å².